The van der Waals surface area contributed by atoms with Gasteiger partial charge in [0.15, 0.2) is 5.78 Å². The second-order valence-corrected chi connectivity index (χ2v) is 4.39. The molecule has 80 valence electrons. The first-order valence-electron chi connectivity index (χ1n) is 5.95. The number of hydrogen-bond donors (Lipinski definition) is 0. The Morgan fingerprint density at radius 2 is 1.93 bits per heavy atom. The van der Waals surface area contributed by atoms with Crippen LogP contribution in [0.2, 0.25) is 0 Å². The summed E-state index contributed by atoms with van der Waals surface area (Å²) in [6, 6.07) is 0. The minimum atomic E-state index is 0.293. The van der Waals surface area contributed by atoms with Crippen molar-refractivity contribution in [3.63, 3.8) is 0 Å². The summed E-state index contributed by atoms with van der Waals surface area (Å²) in [5.41, 5.74) is 0.899. The highest BCUT2D eigenvalue weighted by atomic mass is 16.1. The lowest BCUT2D eigenvalue weighted by Crippen LogP contribution is -2.18. The molecule has 0 unspecified atom stereocenters. The van der Waals surface area contributed by atoms with Gasteiger partial charge in [-0.25, -0.2) is 0 Å². The SMILES string of the molecule is O=C(C1=CC=CCC=C1)C1CCCCC1. The number of Topliss-reactive ketones (excluding diaryl/α,β-unsaturated/α-hetero) is 1. The van der Waals surface area contributed by atoms with Gasteiger partial charge >= 0.3 is 0 Å². The number of carbonyl (C=O) groups is 1. The second-order valence-electron chi connectivity index (χ2n) is 4.39. The summed E-state index contributed by atoms with van der Waals surface area (Å²) in [5.74, 6) is 0.652. The molecule has 0 N–H and O–H groups in total. The maximum absolute atomic E-state index is 12.2. The lowest BCUT2D eigenvalue weighted by molar-refractivity contribution is -0.119. The van der Waals surface area contributed by atoms with Crippen molar-refractivity contribution in [2.45, 2.75) is 38.5 Å². The van der Waals surface area contributed by atoms with E-state index in [2.05, 4.69) is 12.2 Å². The highest BCUT2D eigenvalue weighted by Crippen LogP contribution is 2.27. The van der Waals surface area contributed by atoms with Gasteiger partial charge in [-0.05, 0) is 19.3 Å². The summed E-state index contributed by atoms with van der Waals surface area (Å²) < 4.78 is 0. The molecular formula is C14H18O. The standard InChI is InChI=1S/C14H18O/c15-14(13-10-6-3-7-11-13)12-8-4-1-2-5-9-12/h1,4-5,8-9,13H,2-3,6-7,10-11H2. The molecule has 0 aromatic heterocycles. The van der Waals surface area contributed by atoms with Gasteiger partial charge in [0.2, 0.25) is 0 Å². The van der Waals surface area contributed by atoms with Crippen molar-refractivity contribution in [3.8, 4) is 0 Å². The molecule has 2 aliphatic carbocycles. The molecule has 0 bridgehead atoms. The van der Waals surface area contributed by atoms with Gasteiger partial charge in [0, 0.05) is 11.5 Å². The van der Waals surface area contributed by atoms with Crippen LogP contribution in [0.1, 0.15) is 38.5 Å². The normalized spacial score (nSPS) is 22.3. The minimum absolute atomic E-state index is 0.293. The molecule has 1 fully saturated rings. The first-order valence-corrected chi connectivity index (χ1v) is 5.95. The third-order valence-electron chi connectivity index (χ3n) is 3.24. The predicted molar refractivity (Wildman–Crippen MR) is 62.6 cm³/mol. The number of hydrogen-bond acceptors (Lipinski definition) is 1. The topological polar surface area (TPSA) is 17.1 Å². The van der Waals surface area contributed by atoms with Crippen molar-refractivity contribution in [1.82, 2.24) is 0 Å². The zero-order chi connectivity index (χ0) is 10.5. The molecule has 0 heterocycles. The molecule has 15 heavy (non-hydrogen) atoms. The van der Waals surface area contributed by atoms with Gasteiger partial charge in [-0.15, -0.1) is 0 Å². The molecule has 1 heteroatoms. The lowest BCUT2D eigenvalue weighted by atomic mass is 9.83. The van der Waals surface area contributed by atoms with E-state index in [1.807, 2.05) is 18.2 Å². The summed E-state index contributed by atoms with van der Waals surface area (Å²) in [4.78, 5) is 12.2. The Morgan fingerprint density at radius 3 is 2.73 bits per heavy atom. The maximum Gasteiger partial charge on any atom is 0.165 e. The van der Waals surface area contributed by atoms with E-state index in [1.165, 1.54) is 19.3 Å². The van der Waals surface area contributed by atoms with E-state index in [1.54, 1.807) is 0 Å². The van der Waals surface area contributed by atoms with Crippen LogP contribution in [0, 0.1) is 5.92 Å². The first kappa shape index (κ1) is 10.4. The van der Waals surface area contributed by atoms with Crippen LogP contribution in [0.25, 0.3) is 0 Å². The van der Waals surface area contributed by atoms with Crippen molar-refractivity contribution >= 4 is 5.78 Å². The molecule has 0 aliphatic heterocycles. The Hall–Kier alpha value is -1.11. The molecule has 0 amide bonds. The number of rotatable bonds is 2. The molecule has 0 saturated heterocycles. The van der Waals surface area contributed by atoms with E-state index in [9.17, 15) is 4.79 Å². The lowest BCUT2D eigenvalue weighted by Gasteiger charge is -2.20. The molecule has 0 aromatic rings. The molecule has 0 radical (unpaired) electrons. The fraction of sp³-hybridized carbons (Fsp3) is 0.500. The Bertz CT molecular complexity index is 314. The molecule has 0 aromatic carbocycles. The summed E-state index contributed by atoms with van der Waals surface area (Å²) in [7, 11) is 0. The zero-order valence-corrected chi connectivity index (χ0v) is 9.11. The smallest absolute Gasteiger partial charge is 0.165 e. The number of allylic oxidation sites excluding steroid dienone is 6. The van der Waals surface area contributed by atoms with E-state index in [4.69, 9.17) is 0 Å². The van der Waals surface area contributed by atoms with Gasteiger partial charge in [-0.2, -0.15) is 0 Å². The Labute approximate surface area is 91.6 Å². The summed E-state index contributed by atoms with van der Waals surface area (Å²) in [6.07, 6.45) is 17.0. The van der Waals surface area contributed by atoms with Crippen molar-refractivity contribution in [2.24, 2.45) is 5.92 Å². The summed E-state index contributed by atoms with van der Waals surface area (Å²) in [5, 5.41) is 0. The van der Waals surface area contributed by atoms with Crippen molar-refractivity contribution < 1.29 is 4.79 Å². The van der Waals surface area contributed by atoms with Crippen LogP contribution in [-0.4, -0.2) is 5.78 Å². The Morgan fingerprint density at radius 1 is 1.13 bits per heavy atom. The van der Waals surface area contributed by atoms with Gasteiger partial charge in [0.25, 0.3) is 0 Å². The van der Waals surface area contributed by atoms with Crippen LogP contribution in [-0.2, 0) is 4.79 Å². The van der Waals surface area contributed by atoms with E-state index in [0.29, 0.717) is 11.7 Å². The monoisotopic (exact) mass is 202 g/mol. The van der Waals surface area contributed by atoms with Crippen molar-refractivity contribution in [2.75, 3.05) is 0 Å². The highest BCUT2D eigenvalue weighted by molar-refractivity contribution is 6.00. The van der Waals surface area contributed by atoms with Gasteiger partial charge in [0.1, 0.15) is 0 Å². The van der Waals surface area contributed by atoms with E-state index >= 15 is 0 Å². The molecule has 2 rings (SSSR count). The maximum atomic E-state index is 12.2. The van der Waals surface area contributed by atoms with Crippen molar-refractivity contribution in [3.05, 3.63) is 36.0 Å². The average Bonchev–Trinajstić information content (AvgIpc) is 2.58. The highest BCUT2D eigenvalue weighted by Gasteiger charge is 2.22. The quantitative estimate of drug-likeness (QED) is 0.669. The summed E-state index contributed by atoms with van der Waals surface area (Å²) >= 11 is 0. The number of ketones is 1. The fourth-order valence-corrected chi connectivity index (χ4v) is 2.34. The van der Waals surface area contributed by atoms with Crippen LogP contribution in [0.5, 0.6) is 0 Å². The summed E-state index contributed by atoms with van der Waals surface area (Å²) in [6.45, 7) is 0. The van der Waals surface area contributed by atoms with Crippen molar-refractivity contribution in [1.29, 1.82) is 0 Å². The van der Waals surface area contributed by atoms with Crippen LogP contribution in [0.4, 0.5) is 0 Å². The molecule has 1 saturated carbocycles. The van der Waals surface area contributed by atoms with Gasteiger partial charge in [0.05, 0.1) is 0 Å². The predicted octanol–water partition coefficient (Wildman–Crippen LogP) is 3.58. The zero-order valence-electron chi connectivity index (χ0n) is 9.11. The fourth-order valence-electron chi connectivity index (χ4n) is 2.34. The Balaban J connectivity index is 2.05. The van der Waals surface area contributed by atoms with E-state index in [0.717, 1.165) is 24.8 Å². The second kappa shape index (κ2) is 5.11. The molecular weight excluding hydrogens is 184 g/mol. The molecule has 2 aliphatic rings. The van der Waals surface area contributed by atoms with Crippen LogP contribution in [0.15, 0.2) is 36.0 Å². The minimum Gasteiger partial charge on any atom is -0.294 e. The van der Waals surface area contributed by atoms with Crippen LogP contribution in [0.3, 0.4) is 0 Å². The van der Waals surface area contributed by atoms with E-state index in [-0.39, 0.29) is 0 Å². The van der Waals surface area contributed by atoms with Gasteiger partial charge in [-0.1, -0.05) is 49.6 Å². The van der Waals surface area contributed by atoms with Crippen LogP contribution < -0.4 is 0 Å². The average molecular weight is 202 g/mol. The largest absolute Gasteiger partial charge is 0.294 e. The third-order valence-corrected chi connectivity index (χ3v) is 3.24. The van der Waals surface area contributed by atoms with E-state index < -0.39 is 0 Å². The molecule has 1 nitrogen and oxygen atoms in total. The molecule has 0 atom stereocenters. The van der Waals surface area contributed by atoms with Gasteiger partial charge in [-0.3, -0.25) is 4.79 Å². The van der Waals surface area contributed by atoms with Gasteiger partial charge < -0.3 is 0 Å². The Kier molecular flexibility index (Phi) is 3.54. The number of carbonyl (C=O) groups excluding carboxylic acids is 1. The first-order chi connectivity index (χ1) is 7.38. The van der Waals surface area contributed by atoms with Crippen LogP contribution >= 0.6 is 0 Å². The molecule has 0 spiro atoms. The third kappa shape index (κ3) is 2.68.